The lowest BCUT2D eigenvalue weighted by atomic mass is 10.1. The molecular weight excluding hydrogens is 338 g/mol. The minimum absolute atomic E-state index is 0.183. The molecule has 5 heteroatoms. The number of amides is 2. The zero-order chi connectivity index (χ0) is 18.9. The smallest absolute Gasteiger partial charge is 0.270 e. The maximum absolute atomic E-state index is 12.5. The summed E-state index contributed by atoms with van der Waals surface area (Å²) in [5, 5.41) is 5.98. The number of carbonyl (C=O) groups excluding carboxylic acids is 2. The van der Waals surface area contributed by atoms with E-state index in [0.717, 1.165) is 32.1 Å². The molecule has 1 aromatic heterocycles. The molecular formula is C22H27N3O2. The molecule has 1 fully saturated rings. The first-order valence-corrected chi connectivity index (χ1v) is 9.81. The van der Waals surface area contributed by atoms with Crippen LogP contribution in [0.3, 0.4) is 0 Å². The number of nitrogens with one attached hydrogen (secondary N) is 2. The highest BCUT2D eigenvalue weighted by Crippen LogP contribution is 2.17. The molecule has 1 aromatic carbocycles. The van der Waals surface area contributed by atoms with Crippen LogP contribution in [-0.2, 0) is 6.42 Å². The lowest BCUT2D eigenvalue weighted by Gasteiger charge is -2.16. The standard InChI is InChI=1S/C22H27N3O2/c26-21(24-14-12-17-8-4-3-5-9-17)18-13-15-23-20(16-18)22(27)25-19-10-6-1-2-7-11-19/h3-5,8-9,13,15-16,19H,1-2,6-7,10-12,14H2,(H,24,26)(H,25,27). The van der Waals surface area contributed by atoms with Crippen molar-refractivity contribution in [2.75, 3.05) is 6.54 Å². The Bertz CT molecular complexity index is 753. The summed E-state index contributed by atoms with van der Waals surface area (Å²) < 4.78 is 0. The second kappa shape index (κ2) is 9.86. The molecule has 1 saturated carbocycles. The van der Waals surface area contributed by atoms with E-state index >= 15 is 0 Å². The SMILES string of the molecule is O=C(NCCc1ccccc1)c1ccnc(C(=O)NC2CCCCCC2)c1. The molecule has 2 aromatic rings. The van der Waals surface area contributed by atoms with Gasteiger partial charge in [-0.05, 0) is 37.0 Å². The Morgan fingerprint density at radius 1 is 0.963 bits per heavy atom. The average Bonchev–Trinajstić information content (AvgIpc) is 2.97. The number of pyridine rings is 1. The Morgan fingerprint density at radius 2 is 1.70 bits per heavy atom. The summed E-state index contributed by atoms with van der Waals surface area (Å²) in [6.07, 6.45) is 9.12. The minimum Gasteiger partial charge on any atom is -0.352 e. The van der Waals surface area contributed by atoms with Gasteiger partial charge in [-0.2, -0.15) is 0 Å². The van der Waals surface area contributed by atoms with Crippen molar-refractivity contribution < 1.29 is 9.59 Å². The summed E-state index contributed by atoms with van der Waals surface area (Å²) in [6.45, 7) is 0.550. The van der Waals surface area contributed by atoms with Crippen molar-refractivity contribution in [3.8, 4) is 0 Å². The third kappa shape index (κ3) is 5.91. The van der Waals surface area contributed by atoms with Gasteiger partial charge >= 0.3 is 0 Å². The molecule has 2 N–H and O–H groups in total. The molecule has 2 amide bonds. The number of nitrogens with zero attached hydrogens (tertiary/aromatic N) is 1. The van der Waals surface area contributed by atoms with E-state index in [2.05, 4.69) is 15.6 Å². The highest BCUT2D eigenvalue weighted by molar-refractivity contribution is 5.98. The first-order chi connectivity index (χ1) is 13.2. The van der Waals surface area contributed by atoms with Crippen LogP contribution in [0.5, 0.6) is 0 Å². The average molecular weight is 365 g/mol. The molecule has 5 nitrogen and oxygen atoms in total. The molecule has 27 heavy (non-hydrogen) atoms. The van der Waals surface area contributed by atoms with E-state index in [-0.39, 0.29) is 17.9 Å². The van der Waals surface area contributed by atoms with Crippen LogP contribution >= 0.6 is 0 Å². The molecule has 1 aliphatic rings. The molecule has 0 unspecified atom stereocenters. The highest BCUT2D eigenvalue weighted by Gasteiger charge is 2.17. The zero-order valence-corrected chi connectivity index (χ0v) is 15.6. The van der Waals surface area contributed by atoms with Crippen LogP contribution in [0, 0.1) is 0 Å². The summed E-state index contributed by atoms with van der Waals surface area (Å²) in [5.74, 6) is -0.377. The second-order valence-corrected chi connectivity index (χ2v) is 7.08. The minimum atomic E-state index is -0.194. The topological polar surface area (TPSA) is 71.1 Å². The molecule has 0 radical (unpaired) electrons. The van der Waals surface area contributed by atoms with Gasteiger partial charge in [0.25, 0.3) is 11.8 Å². The summed E-state index contributed by atoms with van der Waals surface area (Å²) in [6, 6.07) is 13.4. The third-order valence-corrected chi connectivity index (χ3v) is 4.99. The van der Waals surface area contributed by atoms with E-state index in [1.54, 1.807) is 12.1 Å². The zero-order valence-electron chi connectivity index (χ0n) is 15.6. The predicted octanol–water partition coefficient (Wildman–Crippen LogP) is 3.51. The molecule has 0 aliphatic heterocycles. The van der Waals surface area contributed by atoms with Gasteiger partial charge in [-0.1, -0.05) is 56.0 Å². The van der Waals surface area contributed by atoms with Gasteiger partial charge in [-0.15, -0.1) is 0 Å². The molecule has 0 saturated heterocycles. The summed E-state index contributed by atoms with van der Waals surface area (Å²) in [5.41, 5.74) is 1.94. The molecule has 1 aliphatic carbocycles. The van der Waals surface area contributed by atoms with Crippen molar-refractivity contribution >= 4 is 11.8 Å². The lowest BCUT2D eigenvalue weighted by molar-refractivity contribution is 0.0928. The summed E-state index contributed by atoms with van der Waals surface area (Å²) in [7, 11) is 0. The van der Waals surface area contributed by atoms with Gasteiger partial charge in [-0.25, -0.2) is 0 Å². The Labute approximate surface area is 160 Å². The Morgan fingerprint density at radius 3 is 2.44 bits per heavy atom. The highest BCUT2D eigenvalue weighted by atomic mass is 16.2. The van der Waals surface area contributed by atoms with Gasteiger partial charge in [0.15, 0.2) is 0 Å². The Balaban J connectivity index is 1.54. The van der Waals surface area contributed by atoms with Gasteiger partial charge in [-0.3, -0.25) is 14.6 Å². The number of benzene rings is 1. The van der Waals surface area contributed by atoms with E-state index in [4.69, 9.17) is 0 Å². The molecule has 1 heterocycles. The van der Waals surface area contributed by atoms with Crippen molar-refractivity contribution in [3.05, 3.63) is 65.5 Å². The monoisotopic (exact) mass is 365 g/mol. The van der Waals surface area contributed by atoms with Crippen LogP contribution < -0.4 is 10.6 Å². The van der Waals surface area contributed by atoms with Gasteiger partial charge in [0, 0.05) is 24.3 Å². The summed E-state index contributed by atoms with van der Waals surface area (Å²) >= 11 is 0. The van der Waals surface area contributed by atoms with E-state index in [1.165, 1.54) is 24.6 Å². The van der Waals surface area contributed by atoms with Gasteiger partial charge in [0.1, 0.15) is 5.69 Å². The van der Waals surface area contributed by atoms with Crippen molar-refractivity contribution in [3.63, 3.8) is 0 Å². The number of rotatable bonds is 6. The fourth-order valence-electron chi connectivity index (χ4n) is 3.45. The van der Waals surface area contributed by atoms with Crippen molar-refractivity contribution in [1.82, 2.24) is 15.6 Å². The van der Waals surface area contributed by atoms with E-state index in [1.807, 2.05) is 30.3 Å². The molecule has 3 rings (SSSR count). The third-order valence-electron chi connectivity index (χ3n) is 4.99. The Hall–Kier alpha value is -2.69. The van der Waals surface area contributed by atoms with Crippen molar-refractivity contribution in [1.29, 1.82) is 0 Å². The van der Waals surface area contributed by atoms with Crippen molar-refractivity contribution in [2.24, 2.45) is 0 Å². The maximum Gasteiger partial charge on any atom is 0.270 e. The maximum atomic E-state index is 12.5. The largest absolute Gasteiger partial charge is 0.352 e. The fraction of sp³-hybridized carbons (Fsp3) is 0.409. The molecule has 142 valence electrons. The first kappa shape index (κ1) is 19.1. The van der Waals surface area contributed by atoms with Crippen LogP contribution in [0.1, 0.15) is 64.9 Å². The Kier molecular flexibility index (Phi) is 6.97. The quantitative estimate of drug-likeness (QED) is 0.770. The molecule has 0 spiro atoms. The van der Waals surface area contributed by atoms with Crippen LogP contribution in [0.4, 0.5) is 0 Å². The summed E-state index contributed by atoms with van der Waals surface area (Å²) in [4.78, 5) is 29.0. The van der Waals surface area contributed by atoms with Crippen molar-refractivity contribution in [2.45, 2.75) is 51.0 Å². The fourth-order valence-corrected chi connectivity index (χ4v) is 3.45. The number of hydrogen-bond donors (Lipinski definition) is 2. The van der Waals surface area contributed by atoms with Crippen LogP contribution in [-0.4, -0.2) is 29.4 Å². The molecule has 0 bridgehead atoms. The second-order valence-electron chi connectivity index (χ2n) is 7.08. The van der Waals surface area contributed by atoms with Gasteiger partial charge < -0.3 is 10.6 Å². The van der Waals surface area contributed by atoms with Crippen LogP contribution in [0.25, 0.3) is 0 Å². The number of hydrogen-bond acceptors (Lipinski definition) is 3. The van der Waals surface area contributed by atoms with E-state index in [0.29, 0.717) is 17.8 Å². The van der Waals surface area contributed by atoms with Crippen LogP contribution in [0.2, 0.25) is 0 Å². The van der Waals surface area contributed by atoms with Gasteiger partial charge in [0.2, 0.25) is 0 Å². The van der Waals surface area contributed by atoms with Crippen LogP contribution in [0.15, 0.2) is 48.7 Å². The van der Waals surface area contributed by atoms with E-state index < -0.39 is 0 Å². The number of carbonyl (C=O) groups is 2. The normalized spacial score (nSPS) is 15.0. The predicted molar refractivity (Wildman–Crippen MR) is 106 cm³/mol. The number of aromatic nitrogens is 1. The molecule has 0 atom stereocenters. The van der Waals surface area contributed by atoms with E-state index in [9.17, 15) is 9.59 Å². The lowest BCUT2D eigenvalue weighted by Crippen LogP contribution is -2.35. The first-order valence-electron chi connectivity index (χ1n) is 9.81. The van der Waals surface area contributed by atoms with Gasteiger partial charge in [0.05, 0.1) is 0 Å².